The minimum Gasteiger partial charge on any atom is -0.388 e. The smallest absolute Gasteiger partial charge is 0.0787 e. The average molecular weight is 234 g/mol. The van der Waals surface area contributed by atoms with Crippen LogP contribution in [0.2, 0.25) is 0 Å². The van der Waals surface area contributed by atoms with Gasteiger partial charge in [-0.2, -0.15) is 0 Å². The summed E-state index contributed by atoms with van der Waals surface area (Å²) in [4.78, 5) is 4.76. The van der Waals surface area contributed by atoms with Gasteiger partial charge in [0, 0.05) is 31.9 Å². The molecule has 1 saturated heterocycles. The zero-order valence-electron chi connectivity index (χ0n) is 10.8. The van der Waals surface area contributed by atoms with Crippen molar-refractivity contribution in [1.82, 2.24) is 4.90 Å². The number of hydrogen-bond donors (Lipinski definition) is 1. The maximum Gasteiger partial charge on any atom is 0.0787 e. The zero-order valence-corrected chi connectivity index (χ0v) is 10.8. The van der Waals surface area contributed by atoms with Gasteiger partial charge >= 0.3 is 0 Å². The molecule has 0 radical (unpaired) electrons. The normalized spacial score (nSPS) is 19.4. The van der Waals surface area contributed by atoms with E-state index >= 15 is 0 Å². The van der Waals surface area contributed by atoms with Crippen LogP contribution in [0.3, 0.4) is 0 Å². The van der Waals surface area contributed by atoms with Crippen molar-refractivity contribution in [3.63, 3.8) is 0 Å². The molecule has 1 N–H and O–H groups in total. The molecule has 0 aromatic heterocycles. The van der Waals surface area contributed by atoms with E-state index in [-0.39, 0.29) is 6.10 Å². The number of likely N-dealkylation sites (N-methyl/N-ethyl adjacent to an activating group) is 1. The third kappa shape index (κ3) is 2.99. The van der Waals surface area contributed by atoms with Crippen LogP contribution in [0.1, 0.15) is 25.0 Å². The first-order chi connectivity index (χ1) is 8.20. The summed E-state index contributed by atoms with van der Waals surface area (Å²) in [5, 5.41) is 9.74. The van der Waals surface area contributed by atoms with Crippen LogP contribution in [0.15, 0.2) is 24.3 Å². The van der Waals surface area contributed by atoms with Crippen LogP contribution in [-0.4, -0.2) is 43.2 Å². The summed E-state index contributed by atoms with van der Waals surface area (Å²) in [6.07, 6.45) is 0.449. The van der Waals surface area contributed by atoms with Gasteiger partial charge in [-0.05, 0) is 31.2 Å². The highest BCUT2D eigenvalue weighted by Crippen LogP contribution is 2.21. The lowest BCUT2D eigenvalue weighted by molar-refractivity contribution is 0.173. The molecule has 1 atom stereocenters. The molecule has 17 heavy (non-hydrogen) atoms. The van der Waals surface area contributed by atoms with Crippen LogP contribution in [0.4, 0.5) is 5.69 Å². The number of benzene rings is 1. The lowest BCUT2D eigenvalue weighted by Crippen LogP contribution is -2.44. The number of aliphatic hydroxyl groups is 1. The van der Waals surface area contributed by atoms with Gasteiger partial charge in [-0.1, -0.05) is 19.1 Å². The highest BCUT2D eigenvalue weighted by molar-refractivity contribution is 5.48. The molecule has 3 heteroatoms. The minimum atomic E-state index is -0.323. The topological polar surface area (TPSA) is 26.7 Å². The van der Waals surface area contributed by atoms with Gasteiger partial charge in [0.15, 0.2) is 0 Å². The number of nitrogens with zero attached hydrogens (tertiary/aromatic N) is 2. The Bertz CT molecular complexity index is 342. The Kier molecular flexibility index (Phi) is 4.02. The van der Waals surface area contributed by atoms with Crippen molar-refractivity contribution in [3.05, 3.63) is 29.8 Å². The van der Waals surface area contributed by atoms with E-state index in [4.69, 9.17) is 0 Å². The molecule has 1 heterocycles. The monoisotopic (exact) mass is 234 g/mol. The number of aliphatic hydroxyl groups excluding tert-OH is 1. The van der Waals surface area contributed by atoms with Gasteiger partial charge in [0.1, 0.15) is 0 Å². The van der Waals surface area contributed by atoms with Gasteiger partial charge < -0.3 is 14.9 Å². The lowest BCUT2D eigenvalue weighted by atomic mass is 10.1. The highest BCUT2D eigenvalue weighted by atomic mass is 16.3. The number of piperazine rings is 1. The van der Waals surface area contributed by atoms with Crippen LogP contribution in [0.25, 0.3) is 0 Å². The van der Waals surface area contributed by atoms with E-state index in [1.807, 2.05) is 19.1 Å². The van der Waals surface area contributed by atoms with E-state index in [9.17, 15) is 5.11 Å². The van der Waals surface area contributed by atoms with Crippen molar-refractivity contribution < 1.29 is 5.11 Å². The molecular weight excluding hydrogens is 212 g/mol. The van der Waals surface area contributed by atoms with Crippen molar-refractivity contribution in [2.75, 3.05) is 38.1 Å². The summed E-state index contributed by atoms with van der Waals surface area (Å²) in [5.74, 6) is 0. The van der Waals surface area contributed by atoms with Gasteiger partial charge in [-0.15, -0.1) is 0 Å². The molecule has 1 aliphatic heterocycles. The van der Waals surface area contributed by atoms with Crippen LogP contribution in [0, 0.1) is 0 Å². The molecule has 0 bridgehead atoms. The van der Waals surface area contributed by atoms with Gasteiger partial charge in [0.25, 0.3) is 0 Å². The summed E-state index contributed by atoms with van der Waals surface area (Å²) in [6.45, 7) is 6.43. The summed E-state index contributed by atoms with van der Waals surface area (Å²) >= 11 is 0. The first-order valence-electron chi connectivity index (χ1n) is 6.42. The fraction of sp³-hybridized carbons (Fsp3) is 0.571. The van der Waals surface area contributed by atoms with Gasteiger partial charge in [-0.3, -0.25) is 0 Å². The van der Waals surface area contributed by atoms with E-state index in [1.165, 1.54) is 5.69 Å². The van der Waals surface area contributed by atoms with E-state index in [1.54, 1.807) is 0 Å². The molecule has 94 valence electrons. The SMILES string of the molecule is CC[C@H](O)c1ccc(N2CCN(C)CC2)cc1. The second-order valence-corrected chi connectivity index (χ2v) is 4.81. The maximum atomic E-state index is 9.74. The molecule has 0 aliphatic carbocycles. The van der Waals surface area contributed by atoms with Gasteiger partial charge in [-0.25, -0.2) is 0 Å². The quantitative estimate of drug-likeness (QED) is 0.865. The van der Waals surface area contributed by atoms with Crippen LogP contribution in [-0.2, 0) is 0 Å². The van der Waals surface area contributed by atoms with Crippen molar-refractivity contribution in [2.24, 2.45) is 0 Å². The second kappa shape index (κ2) is 5.52. The van der Waals surface area contributed by atoms with Gasteiger partial charge in [0.05, 0.1) is 6.10 Å². The maximum absolute atomic E-state index is 9.74. The molecule has 0 saturated carbocycles. The molecular formula is C14H22N2O. The van der Waals surface area contributed by atoms with Crippen LogP contribution in [0.5, 0.6) is 0 Å². The van der Waals surface area contributed by atoms with Crippen LogP contribution >= 0.6 is 0 Å². The number of rotatable bonds is 3. The van der Waals surface area contributed by atoms with Crippen molar-refractivity contribution in [1.29, 1.82) is 0 Å². The number of anilines is 1. The molecule has 3 nitrogen and oxygen atoms in total. The summed E-state index contributed by atoms with van der Waals surface area (Å²) in [6, 6.07) is 8.34. The van der Waals surface area contributed by atoms with Crippen molar-refractivity contribution in [3.8, 4) is 0 Å². The van der Waals surface area contributed by atoms with Crippen molar-refractivity contribution in [2.45, 2.75) is 19.4 Å². The predicted molar refractivity (Wildman–Crippen MR) is 71.4 cm³/mol. The summed E-state index contributed by atoms with van der Waals surface area (Å²) in [7, 11) is 2.16. The molecule has 1 fully saturated rings. The van der Waals surface area contributed by atoms with Crippen molar-refractivity contribution >= 4 is 5.69 Å². The Hall–Kier alpha value is -1.06. The fourth-order valence-electron chi connectivity index (χ4n) is 2.21. The largest absolute Gasteiger partial charge is 0.388 e. The number of hydrogen-bond acceptors (Lipinski definition) is 3. The summed E-state index contributed by atoms with van der Waals surface area (Å²) < 4.78 is 0. The van der Waals surface area contributed by atoms with Gasteiger partial charge in [0.2, 0.25) is 0 Å². The Labute approximate surface area is 104 Å². The van der Waals surface area contributed by atoms with E-state index < -0.39 is 0 Å². The lowest BCUT2D eigenvalue weighted by Gasteiger charge is -2.34. The molecule has 0 spiro atoms. The first kappa shape index (κ1) is 12.4. The summed E-state index contributed by atoms with van der Waals surface area (Å²) in [5.41, 5.74) is 2.29. The first-order valence-corrected chi connectivity index (χ1v) is 6.42. The molecule has 1 aromatic carbocycles. The van der Waals surface area contributed by atoms with E-state index in [0.717, 1.165) is 38.2 Å². The van der Waals surface area contributed by atoms with E-state index in [2.05, 4.69) is 29.0 Å². The zero-order chi connectivity index (χ0) is 12.3. The highest BCUT2D eigenvalue weighted by Gasteiger charge is 2.14. The Morgan fingerprint density at radius 3 is 2.24 bits per heavy atom. The Morgan fingerprint density at radius 1 is 1.12 bits per heavy atom. The minimum absolute atomic E-state index is 0.323. The van der Waals surface area contributed by atoms with Crippen LogP contribution < -0.4 is 4.90 Å². The average Bonchev–Trinajstić information content (AvgIpc) is 2.39. The molecule has 0 unspecified atom stereocenters. The molecule has 1 aliphatic rings. The molecule has 1 aromatic rings. The molecule has 0 amide bonds. The standard InChI is InChI=1S/C14H22N2O/c1-3-14(17)12-4-6-13(7-5-12)16-10-8-15(2)9-11-16/h4-7,14,17H,3,8-11H2,1-2H3/t14-/m0/s1. The fourth-order valence-corrected chi connectivity index (χ4v) is 2.21. The Morgan fingerprint density at radius 2 is 1.71 bits per heavy atom. The van der Waals surface area contributed by atoms with E-state index in [0.29, 0.717) is 0 Å². The third-order valence-corrected chi connectivity index (χ3v) is 3.53. The second-order valence-electron chi connectivity index (χ2n) is 4.81. The predicted octanol–water partition coefficient (Wildman–Crippen LogP) is 1.88. The Balaban J connectivity index is 2.02. The molecule has 2 rings (SSSR count). The third-order valence-electron chi connectivity index (χ3n) is 3.53.